The minimum Gasteiger partial charge on any atom is -0.369 e. The number of aryl methyl sites for hydroxylation is 1. The van der Waals surface area contributed by atoms with Crippen LogP contribution in [0.25, 0.3) is 11.0 Å². The Kier molecular flexibility index (Phi) is 3.13. The molecule has 4 nitrogen and oxygen atoms in total. The van der Waals surface area contributed by atoms with Crippen molar-refractivity contribution >= 4 is 22.8 Å². The van der Waals surface area contributed by atoms with Gasteiger partial charge in [-0.05, 0) is 24.6 Å². The van der Waals surface area contributed by atoms with E-state index in [1.165, 1.54) is 0 Å². The first-order valence-corrected chi connectivity index (χ1v) is 5.88. The topological polar surface area (TPSA) is 60.9 Å². The van der Waals surface area contributed by atoms with Crippen molar-refractivity contribution in [2.24, 2.45) is 7.05 Å². The number of aromatic nitrogens is 2. The molecule has 0 aliphatic carbocycles. The summed E-state index contributed by atoms with van der Waals surface area (Å²) >= 11 is 0. The van der Waals surface area contributed by atoms with Crippen molar-refractivity contribution < 1.29 is 4.79 Å². The first-order chi connectivity index (χ1) is 8.13. The van der Waals surface area contributed by atoms with Crippen LogP contribution >= 0.6 is 0 Å². The lowest BCUT2D eigenvalue weighted by Crippen LogP contribution is -1.98. The van der Waals surface area contributed by atoms with Gasteiger partial charge in [0.05, 0.1) is 11.0 Å². The van der Waals surface area contributed by atoms with E-state index in [9.17, 15) is 4.79 Å². The van der Waals surface area contributed by atoms with Gasteiger partial charge in [0.25, 0.3) is 0 Å². The summed E-state index contributed by atoms with van der Waals surface area (Å²) in [7, 11) is 1.86. The summed E-state index contributed by atoms with van der Waals surface area (Å²) in [6.07, 6.45) is 2.57. The fraction of sp³-hybridized carbons (Fsp3) is 0.385. The van der Waals surface area contributed by atoms with E-state index in [0.29, 0.717) is 12.4 Å². The fourth-order valence-corrected chi connectivity index (χ4v) is 1.87. The van der Waals surface area contributed by atoms with Crippen LogP contribution in [-0.4, -0.2) is 15.3 Å². The van der Waals surface area contributed by atoms with Crippen molar-refractivity contribution in [3.63, 3.8) is 0 Å². The standard InChI is InChI=1S/C13H17N3O/c1-3-4-5-12(17)9-6-7-11-10(8-9)15-13(14)16(11)2/h6-8H,3-5H2,1-2H3,(H2,14,15). The second-order valence-electron chi connectivity index (χ2n) is 4.26. The van der Waals surface area contributed by atoms with Gasteiger partial charge in [-0.3, -0.25) is 4.79 Å². The smallest absolute Gasteiger partial charge is 0.200 e. The predicted octanol–water partition coefficient (Wildman–Crippen LogP) is 2.53. The number of nitrogen functional groups attached to an aromatic ring is 1. The number of carbonyl (C=O) groups is 1. The molecule has 0 saturated heterocycles. The Hall–Kier alpha value is -1.84. The molecule has 17 heavy (non-hydrogen) atoms. The maximum atomic E-state index is 11.9. The first kappa shape index (κ1) is 11.6. The van der Waals surface area contributed by atoms with E-state index >= 15 is 0 Å². The minimum atomic E-state index is 0.179. The second kappa shape index (κ2) is 4.57. The van der Waals surface area contributed by atoms with Crippen molar-refractivity contribution in [2.75, 3.05) is 5.73 Å². The van der Waals surface area contributed by atoms with Crippen LogP contribution in [0.15, 0.2) is 18.2 Å². The lowest BCUT2D eigenvalue weighted by atomic mass is 10.1. The Morgan fingerprint density at radius 2 is 2.24 bits per heavy atom. The summed E-state index contributed by atoms with van der Waals surface area (Å²) in [4.78, 5) is 16.1. The maximum absolute atomic E-state index is 11.9. The van der Waals surface area contributed by atoms with E-state index in [1.807, 2.05) is 29.8 Å². The molecule has 0 saturated carbocycles. The number of nitrogens with zero attached hydrogens (tertiary/aromatic N) is 2. The molecule has 0 aliphatic heterocycles. The quantitative estimate of drug-likeness (QED) is 0.822. The van der Waals surface area contributed by atoms with Crippen LogP contribution in [0.4, 0.5) is 5.95 Å². The summed E-state index contributed by atoms with van der Waals surface area (Å²) in [5.41, 5.74) is 8.19. The number of ketones is 1. The molecule has 2 N–H and O–H groups in total. The van der Waals surface area contributed by atoms with Gasteiger partial charge in [-0.2, -0.15) is 0 Å². The highest BCUT2D eigenvalue weighted by molar-refractivity contribution is 5.99. The van der Waals surface area contributed by atoms with E-state index in [4.69, 9.17) is 5.73 Å². The van der Waals surface area contributed by atoms with Gasteiger partial charge in [0, 0.05) is 19.0 Å². The minimum absolute atomic E-state index is 0.179. The molecule has 4 heteroatoms. The summed E-state index contributed by atoms with van der Waals surface area (Å²) in [5, 5.41) is 0. The molecule has 1 aromatic heterocycles. The van der Waals surface area contributed by atoms with Gasteiger partial charge in [-0.1, -0.05) is 13.3 Å². The van der Waals surface area contributed by atoms with Gasteiger partial charge in [-0.15, -0.1) is 0 Å². The molecule has 2 aromatic rings. The predicted molar refractivity (Wildman–Crippen MR) is 69.0 cm³/mol. The van der Waals surface area contributed by atoms with Gasteiger partial charge < -0.3 is 10.3 Å². The molecule has 0 fully saturated rings. The number of benzene rings is 1. The Morgan fingerprint density at radius 1 is 1.47 bits per heavy atom. The highest BCUT2D eigenvalue weighted by atomic mass is 16.1. The number of unbranched alkanes of at least 4 members (excludes halogenated alkanes) is 1. The highest BCUT2D eigenvalue weighted by Gasteiger charge is 2.09. The molecule has 0 bridgehead atoms. The van der Waals surface area contributed by atoms with Crippen LogP contribution < -0.4 is 5.73 Å². The molecular formula is C13H17N3O. The molecule has 2 rings (SSSR count). The molecule has 0 spiro atoms. The van der Waals surface area contributed by atoms with Crippen molar-refractivity contribution in [1.29, 1.82) is 0 Å². The molecule has 0 atom stereocenters. The molecule has 0 aliphatic rings. The molecule has 1 heterocycles. The van der Waals surface area contributed by atoms with Crippen LogP contribution in [0.2, 0.25) is 0 Å². The van der Waals surface area contributed by atoms with Crippen LogP contribution in [-0.2, 0) is 7.05 Å². The van der Waals surface area contributed by atoms with Crippen LogP contribution in [0, 0.1) is 0 Å². The van der Waals surface area contributed by atoms with Crippen molar-refractivity contribution in [1.82, 2.24) is 9.55 Å². The van der Waals surface area contributed by atoms with E-state index in [0.717, 1.165) is 29.4 Å². The van der Waals surface area contributed by atoms with E-state index < -0.39 is 0 Å². The number of carbonyl (C=O) groups excluding carboxylic acids is 1. The zero-order chi connectivity index (χ0) is 12.4. The van der Waals surface area contributed by atoms with E-state index in [1.54, 1.807) is 0 Å². The van der Waals surface area contributed by atoms with Gasteiger partial charge in [-0.25, -0.2) is 4.98 Å². The molecule has 90 valence electrons. The average Bonchev–Trinajstić information content (AvgIpc) is 2.61. The molecule has 1 aromatic carbocycles. The van der Waals surface area contributed by atoms with Crippen LogP contribution in [0.3, 0.4) is 0 Å². The number of rotatable bonds is 4. The lowest BCUT2D eigenvalue weighted by Gasteiger charge is -2.00. The normalized spacial score (nSPS) is 10.9. The SMILES string of the molecule is CCCCC(=O)c1ccc2c(c1)nc(N)n2C. The largest absolute Gasteiger partial charge is 0.369 e. The third-order valence-electron chi connectivity index (χ3n) is 2.99. The number of Topliss-reactive ketones (excluding diaryl/α,β-unsaturated/α-hetero) is 1. The number of hydrogen-bond donors (Lipinski definition) is 1. The van der Waals surface area contributed by atoms with Crippen molar-refractivity contribution in [2.45, 2.75) is 26.2 Å². The number of anilines is 1. The average molecular weight is 231 g/mol. The summed E-state index contributed by atoms with van der Waals surface area (Å²) in [6, 6.07) is 5.57. The highest BCUT2D eigenvalue weighted by Crippen LogP contribution is 2.19. The van der Waals surface area contributed by atoms with Gasteiger partial charge in [0.1, 0.15) is 0 Å². The second-order valence-corrected chi connectivity index (χ2v) is 4.26. The van der Waals surface area contributed by atoms with Crippen molar-refractivity contribution in [3.8, 4) is 0 Å². The molecule has 0 unspecified atom stereocenters. The Labute approximate surface area is 100 Å². The lowest BCUT2D eigenvalue weighted by molar-refractivity contribution is 0.0980. The zero-order valence-electron chi connectivity index (χ0n) is 10.2. The van der Waals surface area contributed by atoms with Crippen LogP contribution in [0.1, 0.15) is 36.5 Å². The van der Waals surface area contributed by atoms with Crippen molar-refractivity contribution in [3.05, 3.63) is 23.8 Å². The summed E-state index contributed by atoms with van der Waals surface area (Å²) in [5.74, 6) is 0.649. The molecular weight excluding hydrogens is 214 g/mol. The Morgan fingerprint density at radius 3 is 2.94 bits per heavy atom. The van der Waals surface area contributed by atoms with E-state index in [-0.39, 0.29) is 5.78 Å². The molecule has 0 amide bonds. The van der Waals surface area contributed by atoms with Gasteiger partial charge in [0.2, 0.25) is 5.95 Å². The molecule has 0 radical (unpaired) electrons. The summed E-state index contributed by atoms with van der Waals surface area (Å²) in [6.45, 7) is 2.08. The number of hydrogen-bond acceptors (Lipinski definition) is 3. The zero-order valence-corrected chi connectivity index (χ0v) is 10.2. The van der Waals surface area contributed by atoms with Crippen LogP contribution in [0.5, 0.6) is 0 Å². The fourth-order valence-electron chi connectivity index (χ4n) is 1.87. The van der Waals surface area contributed by atoms with Gasteiger partial charge >= 0.3 is 0 Å². The number of fused-ring (bicyclic) bond motifs is 1. The van der Waals surface area contributed by atoms with E-state index in [2.05, 4.69) is 11.9 Å². The van der Waals surface area contributed by atoms with Gasteiger partial charge in [0.15, 0.2) is 5.78 Å². The summed E-state index contributed by atoms with van der Waals surface area (Å²) < 4.78 is 1.82. The number of imidazole rings is 1. The maximum Gasteiger partial charge on any atom is 0.200 e. The third kappa shape index (κ3) is 2.16. The Bertz CT molecular complexity index is 557. The first-order valence-electron chi connectivity index (χ1n) is 5.88. The Balaban J connectivity index is 2.35. The monoisotopic (exact) mass is 231 g/mol. The third-order valence-corrected chi connectivity index (χ3v) is 2.99. The number of nitrogens with two attached hydrogens (primary N) is 1.